The number of phenols is 1. The molecule has 1 aromatic heterocycles. The van der Waals surface area contributed by atoms with Crippen molar-refractivity contribution in [3.05, 3.63) is 47.3 Å². The van der Waals surface area contributed by atoms with Crippen molar-refractivity contribution in [2.75, 3.05) is 0 Å². The molecule has 1 saturated carbocycles. The van der Waals surface area contributed by atoms with Crippen molar-refractivity contribution in [1.82, 2.24) is 10.2 Å². The fraction of sp³-hybridized carbons (Fsp3) is 0.444. The zero-order chi connectivity index (χ0) is 15.3. The number of aromatic hydroxyl groups is 1. The molecule has 0 bridgehead atoms. The van der Waals surface area contributed by atoms with Gasteiger partial charge in [-0.15, -0.1) is 0 Å². The lowest BCUT2D eigenvalue weighted by atomic mass is 9.53. The maximum atomic E-state index is 12.3. The summed E-state index contributed by atoms with van der Waals surface area (Å²) in [5.41, 5.74) is 3.45. The lowest BCUT2D eigenvalue weighted by Gasteiger charge is -2.49. The van der Waals surface area contributed by atoms with Crippen molar-refractivity contribution < 1.29 is 9.90 Å². The Morgan fingerprint density at radius 2 is 2.05 bits per heavy atom. The van der Waals surface area contributed by atoms with E-state index in [0.717, 1.165) is 19.3 Å². The van der Waals surface area contributed by atoms with E-state index in [1.165, 1.54) is 16.8 Å². The first-order chi connectivity index (χ1) is 10.6. The summed E-state index contributed by atoms with van der Waals surface area (Å²) in [6, 6.07) is 7.49. The van der Waals surface area contributed by atoms with Crippen molar-refractivity contribution in [2.45, 2.75) is 38.0 Å². The number of nitrogens with one attached hydrogen (secondary N) is 1. The average Bonchev–Trinajstić information content (AvgIpc) is 3.01. The minimum Gasteiger partial charge on any atom is -0.508 e. The molecule has 114 valence electrons. The predicted octanol–water partition coefficient (Wildman–Crippen LogP) is 2.96. The second-order valence-corrected chi connectivity index (χ2v) is 6.69. The number of carbonyl (C=O) groups excluding carboxylic acids is 1. The molecular formula is C18H20N2O2. The molecule has 2 N–H and O–H groups in total. The molecule has 2 aliphatic rings. The third-order valence-corrected chi connectivity index (χ3v) is 5.78. The number of Topliss-reactive ketones (excluding diaryl/α,β-unsaturated/α-hetero) is 1. The molecule has 0 aliphatic heterocycles. The van der Waals surface area contributed by atoms with E-state index in [1.807, 2.05) is 18.3 Å². The zero-order valence-corrected chi connectivity index (χ0v) is 12.7. The Kier molecular flexibility index (Phi) is 2.90. The van der Waals surface area contributed by atoms with Crippen LogP contribution < -0.4 is 0 Å². The van der Waals surface area contributed by atoms with Crippen LogP contribution in [0, 0.1) is 11.8 Å². The van der Waals surface area contributed by atoms with E-state index < -0.39 is 0 Å². The molecule has 4 heteroatoms. The van der Waals surface area contributed by atoms with Gasteiger partial charge in [0.15, 0.2) is 0 Å². The number of carbonyl (C=O) groups is 1. The number of fused-ring (bicyclic) bond motifs is 3. The smallest absolute Gasteiger partial charge is 0.136 e. The Hall–Kier alpha value is -2.10. The van der Waals surface area contributed by atoms with Crippen LogP contribution in [0.3, 0.4) is 0 Å². The molecule has 1 fully saturated rings. The van der Waals surface area contributed by atoms with Crippen LogP contribution in [-0.4, -0.2) is 21.1 Å². The highest BCUT2D eigenvalue weighted by Gasteiger charge is 2.52. The summed E-state index contributed by atoms with van der Waals surface area (Å²) < 4.78 is 0. The normalized spacial score (nSPS) is 30.7. The van der Waals surface area contributed by atoms with Crippen LogP contribution in [0.15, 0.2) is 30.5 Å². The molecule has 0 amide bonds. The van der Waals surface area contributed by atoms with Crippen LogP contribution in [-0.2, 0) is 16.6 Å². The van der Waals surface area contributed by atoms with E-state index in [9.17, 15) is 9.90 Å². The fourth-order valence-electron chi connectivity index (χ4n) is 4.65. The minimum atomic E-state index is -0.175. The van der Waals surface area contributed by atoms with Gasteiger partial charge in [-0.05, 0) is 48.4 Å². The van der Waals surface area contributed by atoms with Crippen LogP contribution in [0.4, 0.5) is 0 Å². The van der Waals surface area contributed by atoms with Crippen LogP contribution in [0.2, 0.25) is 0 Å². The highest BCUT2D eigenvalue weighted by Crippen LogP contribution is 2.54. The SMILES string of the molecule is C[C@@H]1C(=O)CCC2(c3ccc(O)cc3)c3[nH]ncc3CC[C@@H]12. The number of aromatic nitrogens is 2. The van der Waals surface area contributed by atoms with Crippen molar-refractivity contribution in [1.29, 1.82) is 0 Å². The maximum absolute atomic E-state index is 12.3. The molecule has 0 spiro atoms. The van der Waals surface area contributed by atoms with Gasteiger partial charge in [0.1, 0.15) is 11.5 Å². The molecule has 2 aliphatic carbocycles. The van der Waals surface area contributed by atoms with Gasteiger partial charge >= 0.3 is 0 Å². The number of H-pyrrole nitrogens is 1. The van der Waals surface area contributed by atoms with Crippen LogP contribution in [0.1, 0.15) is 43.0 Å². The molecule has 4 rings (SSSR count). The maximum Gasteiger partial charge on any atom is 0.136 e. The number of ketones is 1. The van der Waals surface area contributed by atoms with Crippen molar-refractivity contribution in [3.8, 4) is 5.75 Å². The topological polar surface area (TPSA) is 66.0 Å². The molecule has 1 unspecified atom stereocenters. The van der Waals surface area contributed by atoms with Gasteiger partial charge in [-0.2, -0.15) is 5.10 Å². The largest absolute Gasteiger partial charge is 0.508 e. The number of rotatable bonds is 1. The number of phenolic OH excluding ortho intramolecular Hbond substituents is 1. The summed E-state index contributed by atoms with van der Waals surface area (Å²) in [7, 11) is 0. The second-order valence-electron chi connectivity index (χ2n) is 6.69. The van der Waals surface area contributed by atoms with Crippen molar-refractivity contribution in [3.63, 3.8) is 0 Å². The number of benzene rings is 1. The van der Waals surface area contributed by atoms with Gasteiger partial charge < -0.3 is 5.11 Å². The van der Waals surface area contributed by atoms with Gasteiger partial charge in [0.2, 0.25) is 0 Å². The molecule has 1 aromatic carbocycles. The van der Waals surface area contributed by atoms with Gasteiger partial charge in [-0.25, -0.2) is 0 Å². The molecular weight excluding hydrogens is 276 g/mol. The average molecular weight is 296 g/mol. The number of aromatic amines is 1. The highest BCUT2D eigenvalue weighted by atomic mass is 16.3. The van der Waals surface area contributed by atoms with Gasteiger partial charge in [0.25, 0.3) is 0 Å². The fourth-order valence-corrected chi connectivity index (χ4v) is 4.65. The standard InChI is InChI=1S/C18H20N2O2/c1-11-15-7-2-12-10-19-20-17(12)18(15,9-8-16(11)22)13-3-5-14(21)6-4-13/h3-6,10-11,15,21H,2,7-9H2,1H3,(H,19,20)/t11-,15-,18?/m0/s1. The summed E-state index contributed by atoms with van der Waals surface area (Å²) in [6.07, 6.45) is 5.35. The number of hydrogen-bond donors (Lipinski definition) is 2. The molecule has 0 saturated heterocycles. The van der Waals surface area contributed by atoms with E-state index in [-0.39, 0.29) is 17.1 Å². The van der Waals surface area contributed by atoms with Gasteiger partial charge in [0.05, 0.1) is 6.20 Å². The van der Waals surface area contributed by atoms with E-state index in [1.54, 1.807) is 12.1 Å². The van der Waals surface area contributed by atoms with E-state index in [2.05, 4.69) is 17.1 Å². The van der Waals surface area contributed by atoms with E-state index >= 15 is 0 Å². The first-order valence-electron chi connectivity index (χ1n) is 7.98. The van der Waals surface area contributed by atoms with Gasteiger partial charge in [-0.3, -0.25) is 9.89 Å². The van der Waals surface area contributed by atoms with Crippen LogP contribution in [0.5, 0.6) is 5.75 Å². The predicted molar refractivity (Wildman–Crippen MR) is 82.7 cm³/mol. The number of hydrogen-bond acceptors (Lipinski definition) is 3. The number of aryl methyl sites for hydroxylation is 1. The highest BCUT2D eigenvalue weighted by molar-refractivity contribution is 5.83. The number of nitrogens with zero attached hydrogens (tertiary/aromatic N) is 1. The Morgan fingerprint density at radius 1 is 1.27 bits per heavy atom. The van der Waals surface area contributed by atoms with Crippen molar-refractivity contribution >= 4 is 5.78 Å². The molecule has 3 atom stereocenters. The third-order valence-electron chi connectivity index (χ3n) is 5.78. The quantitative estimate of drug-likeness (QED) is 0.850. The second kappa shape index (κ2) is 4.70. The van der Waals surface area contributed by atoms with E-state index in [4.69, 9.17) is 0 Å². The lowest BCUT2D eigenvalue weighted by molar-refractivity contribution is -0.128. The summed E-state index contributed by atoms with van der Waals surface area (Å²) in [6.45, 7) is 2.07. The van der Waals surface area contributed by atoms with Crippen LogP contribution >= 0.6 is 0 Å². The lowest BCUT2D eigenvalue weighted by Crippen LogP contribution is -2.49. The molecule has 22 heavy (non-hydrogen) atoms. The monoisotopic (exact) mass is 296 g/mol. The Morgan fingerprint density at radius 3 is 2.82 bits per heavy atom. The zero-order valence-electron chi connectivity index (χ0n) is 12.7. The first kappa shape index (κ1) is 13.6. The Labute approximate surface area is 129 Å². The van der Waals surface area contributed by atoms with Gasteiger partial charge in [-0.1, -0.05) is 19.1 Å². The van der Waals surface area contributed by atoms with E-state index in [0.29, 0.717) is 18.1 Å². The molecule has 4 nitrogen and oxygen atoms in total. The molecule has 1 heterocycles. The summed E-state index contributed by atoms with van der Waals surface area (Å²) >= 11 is 0. The third kappa shape index (κ3) is 1.70. The summed E-state index contributed by atoms with van der Waals surface area (Å²) in [4.78, 5) is 12.3. The minimum absolute atomic E-state index is 0.0685. The first-order valence-corrected chi connectivity index (χ1v) is 7.98. The van der Waals surface area contributed by atoms with Crippen LogP contribution in [0.25, 0.3) is 0 Å². The summed E-state index contributed by atoms with van der Waals surface area (Å²) in [5.74, 6) is 1.02. The molecule has 2 aromatic rings. The molecule has 0 radical (unpaired) electrons. The Balaban J connectivity index is 1.94. The summed E-state index contributed by atoms with van der Waals surface area (Å²) in [5, 5.41) is 17.1. The Bertz CT molecular complexity index is 719. The van der Waals surface area contributed by atoms with Gasteiger partial charge in [0, 0.05) is 23.4 Å². The van der Waals surface area contributed by atoms with Crippen molar-refractivity contribution in [2.24, 2.45) is 11.8 Å².